The van der Waals surface area contributed by atoms with Crippen LogP contribution in [0, 0.1) is 11.8 Å². The summed E-state index contributed by atoms with van der Waals surface area (Å²) in [5.74, 6) is -9.84. The number of hydrogen-bond donors (Lipinski definition) is 5. The molecule has 1 aromatic carbocycles. The van der Waals surface area contributed by atoms with Crippen LogP contribution in [0.1, 0.15) is 42.1 Å². The van der Waals surface area contributed by atoms with E-state index in [0.29, 0.717) is 11.3 Å². The molecule has 6 N–H and O–H groups in total. The summed E-state index contributed by atoms with van der Waals surface area (Å²) in [4.78, 5) is 55.8. The highest BCUT2D eigenvalue weighted by Crippen LogP contribution is 2.57. The van der Waals surface area contributed by atoms with Crippen molar-refractivity contribution in [3.63, 3.8) is 0 Å². The number of rotatable bonds is 5. The van der Waals surface area contributed by atoms with E-state index in [2.05, 4.69) is 0 Å². The first-order valence-corrected chi connectivity index (χ1v) is 12.5. The van der Waals surface area contributed by atoms with Gasteiger partial charge in [0.2, 0.25) is 5.78 Å². The highest BCUT2D eigenvalue weighted by molar-refractivity contribution is 6.25. The lowest BCUT2D eigenvalue weighted by Gasteiger charge is -2.54. The Morgan fingerprint density at radius 1 is 1.10 bits per heavy atom. The van der Waals surface area contributed by atoms with Gasteiger partial charge in [0, 0.05) is 37.7 Å². The smallest absolute Gasteiger partial charge is 0.305 e. The van der Waals surface area contributed by atoms with Crippen molar-refractivity contribution >= 4 is 29.1 Å². The van der Waals surface area contributed by atoms with E-state index in [0.717, 1.165) is 0 Å². The second kappa shape index (κ2) is 9.38. The van der Waals surface area contributed by atoms with Crippen LogP contribution >= 0.6 is 0 Å². The highest BCUT2D eigenvalue weighted by atomic mass is 16.5. The molecule has 0 fully saturated rings. The summed E-state index contributed by atoms with van der Waals surface area (Å²) in [7, 11) is 6.49. The molecule has 0 spiro atoms. The number of ether oxygens (including phenoxy) is 1. The Labute approximate surface area is 224 Å². The van der Waals surface area contributed by atoms with Crippen LogP contribution in [0.5, 0.6) is 5.75 Å². The third-order valence-corrected chi connectivity index (χ3v) is 8.10. The lowest BCUT2D eigenvalue weighted by atomic mass is 9.55. The quantitative estimate of drug-likeness (QED) is 0.259. The van der Waals surface area contributed by atoms with Crippen LogP contribution in [0.2, 0.25) is 0 Å². The van der Waals surface area contributed by atoms with Crippen molar-refractivity contribution in [2.45, 2.75) is 43.9 Å². The van der Waals surface area contributed by atoms with Gasteiger partial charge in [0.15, 0.2) is 11.4 Å². The molecule has 0 heterocycles. The molecule has 12 heteroatoms. The molecule has 0 radical (unpaired) electrons. The number of hydrogen-bond acceptors (Lipinski definition) is 11. The van der Waals surface area contributed by atoms with E-state index in [4.69, 9.17) is 10.5 Å². The van der Waals surface area contributed by atoms with E-state index in [1.807, 2.05) is 0 Å². The van der Waals surface area contributed by atoms with Crippen LogP contribution in [0.25, 0.3) is 0 Å². The zero-order valence-corrected chi connectivity index (χ0v) is 22.6. The average Bonchev–Trinajstić information content (AvgIpc) is 2.84. The van der Waals surface area contributed by atoms with Crippen LogP contribution in [-0.2, 0) is 19.1 Å². The van der Waals surface area contributed by atoms with Crippen molar-refractivity contribution in [1.82, 2.24) is 4.90 Å². The summed E-state index contributed by atoms with van der Waals surface area (Å²) < 4.78 is 5.83. The topological polar surface area (TPSA) is 191 Å². The number of phenolic OH excluding ortho intramolecular Hbond substituents is 1. The Morgan fingerprint density at radius 2 is 1.72 bits per heavy atom. The van der Waals surface area contributed by atoms with Gasteiger partial charge in [-0.15, -0.1) is 0 Å². The minimum Gasteiger partial charge on any atom is -0.510 e. The van der Waals surface area contributed by atoms with Gasteiger partial charge < -0.3 is 35.8 Å². The Bertz CT molecular complexity index is 1360. The number of fused-ring (bicyclic) bond motifs is 3. The predicted octanol–water partition coefficient (Wildman–Crippen LogP) is 0.679. The fourth-order valence-electron chi connectivity index (χ4n) is 6.42. The number of aliphatic hydroxyl groups excluding tert-OH is 2. The van der Waals surface area contributed by atoms with Crippen LogP contribution in [0.4, 0.5) is 5.69 Å². The molecular weight excluding hydrogens is 510 g/mol. The average molecular weight is 544 g/mol. The van der Waals surface area contributed by atoms with E-state index in [1.54, 1.807) is 32.0 Å². The summed E-state index contributed by atoms with van der Waals surface area (Å²) in [5.41, 5.74) is 1.95. The second-order valence-corrected chi connectivity index (χ2v) is 10.7. The molecule has 39 heavy (non-hydrogen) atoms. The fourth-order valence-corrected chi connectivity index (χ4v) is 6.42. The maximum absolute atomic E-state index is 14.0. The number of esters is 1. The standard InChI is InChI=1S/C27H33N3O9/c1-7-13(32)39-23-15-10(2)14-11(29(3)4)8-9-12(31)16(14)21(33)17(15)24(35)27(38)19(23)20(30(5)6)22(34)18(25(27)36)26(28)37/h8-10,15,19-20,23,31,34-35,38H,7H2,1-6H3,(H2,28,37)/t10-,15+,19+,20-,23-,27-/m0/s1. The number of benzene rings is 1. The summed E-state index contributed by atoms with van der Waals surface area (Å²) >= 11 is 0. The number of anilines is 1. The van der Waals surface area contributed by atoms with E-state index in [9.17, 15) is 39.6 Å². The number of carbonyl (C=O) groups is 4. The van der Waals surface area contributed by atoms with E-state index >= 15 is 0 Å². The molecule has 0 saturated heterocycles. The van der Waals surface area contributed by atoms with Gasteiger partial charge in [-0.25, -0.2) is 0 Å². The minimum absolute atomic E-state index is 0.0863. The van der Waals surface area contributed by atoms with Crippen LogP contribution in [-0.4, -0.2) is 94.7 Å². The van der Waals surface area contributed by atoms with Crippen molar-refractivity contribution in [3.8, 4) is 5.75 Å². The largest absolute Gasteiger partial charge is 0.510 e. The highest BCUT2D eigenvalue weighted by Gasteiger charge is 2.68. The van der Waals surface area contributed by atoms with Gasteiger partial charge >= 0.3 is 5.97 Å². The van der Waals surface area contributed by atoms with Gasteiger partial charge in [0.25, 0.3) is 5.91 Å². The van der Waals surface area contributed by atoms with Gasteiger partial charge in [-0.2, -0.15) is 0 Å². The molecule has 0 aromatic heterocycles. The number of ketones is 2. The molecule has 3 aliphatic carbocycles. The molecule has 0 unspecified atom stereocenters. The lowest BCUT2D eigenvalue weighted by molar-refractivity contribution is -0.180. The fraction of sp³-hybridized carbons (Fsp3) is 0.481. The Kier molecular flexibility index (Phi) is 6.76. The Morgan fingerprint density at radius 3 is 2.23 bits per heavy atom. The number of likely N-dealkylation sites (N-methyl/N-ethyl adjacent to an activating group) is 1. The third-order valence-electron chi connectivity index (χ3n) is 8.10. The molecule has 210 valence electrons. The number of nitrogens with two attached hydrogens (primary N) is 1. The third kappa shape index (κ3) is 3.73. The van der Waals surface area contributed by atoms with E-state index in [1.165, 1.54) is 32.0 Å². The molecule has 0 saturated carbocycles. The van der Waals surface area contributed by atoms with Crippen LogP contribution < -0.4 is 10.6 Å². The maximum Gasteiger partial charge on any atom is 0.305 e. The number of phenols is 1. The molecule has 1 amide bonds. The van der Waals surface area contributed by atoms with Crippen molar-refractivity contribution in [1.29, 1.82) is 0 Å². The minimum atomic E-state index is -2.96. The van der Waals surface area contributed by atoms with Crippen molar-refractivity contribution < 1.29 is 44.3 Å². The number of nitrogens with zero attached hydrogens (tertiary/aromatic N) is 2. The number of aliphatic hydroxyl groups is 3. The van der Waals surface area contributed by atoms with Crippen LogP contribution in [0.15, 0.2) is 34.8 Å². The summed E-state index contributed by atoms with van der Waals surface area (Å²) in [5, 5.41) is 45.4. The first kappa shape index (κ1) is 28.1. The second-order valence-electron chi connectivity index (χ2n) is 10.7. The first-order valence-electron chi connectivity index (χ1n) is 12.5. The van der Waals surface area contributed by atoms with E-state index < -0.39 is 81.6 Å². The van der Waals surface area contributed by atoms with Crippen molar-refractivity contribution in [2.24, 2.45) is 17.6 Å². The van der Waals surface area contributed by atoms with Gasteiger partial charge in [0.05, 0.1) is 17.5 Å². The maximum atomic E-state index is 14.0. The molecule has 12 nitrogen and oxygen atoms in total. The molecule has 6 atom stereocenters. The van der Waals surface area contributed by atoms with Crippen LogP contribution in [0.3, 0.4) is 0 Å². The molecule has 1 aromatic rings. The number of primary amides is 1. The number of Topliss-reactive ketones (excluding diaryl/α,β-unsaturated/α-hetero) is 2. The Hall–Kier alpha value is -3.90. The summed E-state index contributed by atoms with van der Waals surface area (Å²) in [6.07, 6.45) is -1.51. The monoisotopic (exact) mass is 543 g/mol. The lowest BCUT2D eigenvalue weighted by Crippen LogP contribution is -2.69. The van der Waals surface area contributed by atoms with E-state index in [-0.39, 0.29) is 17.7 Å². The Balaban J connectivity index is 2.14. The zero-order chi connectivity index (χ0) is 29.3. The van der Waals surface area contributed by atoms with Gasteiger partial charge in [0.1, 0.15) is 28.9 Å². The zero-order valence-electron chi connectivity index (χ0n) is 22.6. The molecule has 3 aliphatic rings. The van der Waals surface area contributed by atoms with Gasteiger partial charge in [-0.05, 0) is 37.7 Å². The number of aromatic hydroxyl groups is 1. The number of amides is 1. The van der Waals surface area contributed by atoms with Gasteiger partial charge in [-0.1, -0.05) is 13.8 Å². The first-order chi connectivity index (χ1) is 18.1. The normalized spacial score (nSPS) is 30.1. The molecular formula is C27H33N3O9. The SMILES string of the molecule is CCC(=O)O[C@H]1[C@H]2C(=C(O)[C@]3(O)C(=O)C(C(N)=O)=C(O)[C@@H](N(C)C)[C@H]13)C(=O)c1c(O)ccc(N(C)C)c1[C@@H]2C. The predicted molar refractivity (Wildman–Crippen MR) is 138 cm³/mol. The summed E-state index contributed by atoms with van der Waals surface area (Å²) in [6.45, 7) is 3.25. The molecule has 4 rings (SSSR count). The van der Waals surface area contributed by atoms with Crippen molar-refractivity contribution in [3.05, 3.63) is 45.9 Å². The number of carbonyl (C=O) groups excluding carboxylic acids is 4. The molecule has 0 bridgehead atoms. The van der Waals surface area contributed by atoms with Crippen molar-refractivity contribution in [2.75, 3.05) is 33.1 Å². The van der Waals surface area contributed by atoms with Gasteiger partial charge in [-0.3, -0.25) is 24.1 Å². The molecule has 0 aliphatic heterocycles. The summed E-state index contributed by atoms with van der Waals surface area (Å²) in [6, 6.07) is 1.62.